The van der Waals surface area contributed by atoms with E-state index in [1.807, 2.05) is 0 Å². The molecular weight excluding hydrogens is 279 g/mol. The number of nitrogen functional groups attached to an aromatic ring is 2. The smallest absolute Gasteiger partial charge is 0.395 e. The molecule has 1 aromatic heterocycles. The fourth-order valence-corrected chi connectivity index (χ4v) is 1.83. The Morgan fingerprint density at radius 3 is 2.32 bits per heavy atom. The molecule has 0 saturated heterocycles. The van der Waals surface area contributed by atoms with E-state index < -0.39 is 11.7 Å². The Labute approximate surface area is 112 Å². The predicted molar refractivity (Wildman–Crippen MR) is 68.5 cm³/mol. The van der Waals surface area contributed by atoms with E-state index in [1.165, 1.54) is 24.3 Å². The molecule has 2 rings (SSSR count). The van der Waals surface area contributed by atoms with Gasteiger partial charge >= 0.3 is 6.18 Å². The maximum Gasteiger partial charge on any atom is 0.417 e. The Kier molecular flexibility index (Phi) is 3.28. The van der Waals surface area contributed by atoms with E-state index in [9.17, 15) is 13.2 Å². The molecule has 2 aromatic rings. The number of aromatic nitrogens is 1. The lowest BCUT2D eigenvalue weighted by atomic mass is 10.0. The molecule has 0 aliphatic carbocycles. The highest BCUT2D eigenvalue weighted by Gasteiger charge is 2.33. The third kappa shape index (κ3) is 2.58. The average Bonchev–Trinajstić information content (AvgIpc) is 2.34. The quantitative estimate of drug-likeness (QED) is 0.842. The van der Waals surface area contributed by atoms with Crippen LogP contribution in [0.4, 0.5) is 24.7 Å². The largest absolute Gasteiger partial charge is 0.417 e. The Balaban J connectivity index is 2.67. The number of rotatable bonds is 1. The number of anilines is 2. The highest BCUT2D eigenvalue weighted by atomic mass is 35.5. The molecule has 19 heavy (non-hydrogen) atoms. The van der Waals surface area contributed by atoms with Gasteiger partial charge in [0.25, 0.3) is 0 Å². The van der Waals surface area contributed by atoms with E-state index in [-0.39, 0.29) is 27.8 Å². The van der Waals surface area contributed by atoms with E-state index in [1.54, 1.807) is 0 Å². The summed E-state index contributed by atoms with van der Waals surface area (Å²) in [6.07, 6.45) is -4.49. The number of nitrogens with zero attached hydrogens (tertiary/aromatic N) is 1. The topological polar surface area (TPSA) is 64.9 Å². The van der Waals surface area contributed by atoms with Crippen molar-refractivity contribution in [3.8, 4) is 11.3 Å². The summed E-state index contributed by atoms with van der Waals surface area (Å²) in [5, 5.41) is 0.0690. The Bertz CT molecular complexity index is 603. The van der Waals surface area contributed by atoms with Crippen LogP contribution < -0.4 is 11.5 Å². The van der Waals surface area contributed by atoms with Crippen molar-refractivity contribution in [3.05, 3.63) is 40.9 Å². The van der Waals surface area contributed by atoms with Crippen molar-refractivity contribution in [3.63, 3.8) is 0 Å². The van der Waals surface area contributed by atoms with Gasteiger partial charge in [0, 0.05) is 5.56 Å². The van der Waals surface area contributed by atoms with E-state index in [0.29, 0.717) is 0 Å². The van der Waals surface area contributed by atoms with Crippen LogP contribution in [0.2, 0.25) is 5.02 Å². The molecule has 0 amide bonds. The molecule has 0 saturated carbocycles. The first kappa shape index (κ1) is 13.5. The second-order valence-electron chi connectivity index (χ2n) is 3.83. The van der Waals surface area contributed by atoms with Gasteiger partial charge in [-0.25, -0.2) is 4.98 Å². The van der Waals surface area contributed by atoms with Gasteiger partial charge in [-0.15, -0.1) is 0 Å². The van der Waals surface area contributed by atoms with E-state index in [4.69, 9.17) is 23.1 Å². The first-order valence-electron chi connectivity index (χ1n) is 5.19. The van der Waals surface area contributed by atoms with Crippen LogP contribution >= 0.6 is 11.6 Å². The summed E-state index contributed by atoms with van der Waals surface area (Å²) in [5.74, 6) is -0.0977. The van der Waals surface area contributed by atoms with Crippen molar-refractivity contribution in [1.29, 1.82) is 0 Å². The van der Waals surface area contributed by atoms with E-state index in [2.05, 4.69) is 4.98 Å². The second-order valence-corrected chi connectivity index (χ2v) is 4.24. The maximum atomic E-state index is 12.9. The molecule has 3 nitrogen and oxygen atoms in total. The molecule has 0 unspecified atom stereocenters. The minimum atomic E-state index is -4.49. The van der Waals surface area contributed by atoms with Crippen LogP contribution in [-0.4, -0.2) is 4.98 Å². The van der Waals surface area contributed by atoms with Crippen LogP contribution in [0.15, 0.2) is 30.3 Å². The number of hydrogen-bond donors (Lipinski definition) is 2. The minimum absolute atomic E-state index is 0.0321. The van der Waals surface area contributed by atoms with Gasteiger partial charge in [-0.2, -0.15) is 13.2 Å². The van der Waals surface area contributed by atoms with Crippen molar-refractivity contribution >= 4 is 23.1 Å². The molecule has 0 fully saturated rings. The summed E-state index contributed by atoms with van der Waals surface area (Å²) < 4.78 is 38.7. The van der Waals surface area contributed by atoms with E-state index >= 15 is 0 Å². The van der Waals surface area contributed by atoms with Gasteiger partial charge in [-0.3, -0.25) is 0 Å². The Morgan fingerprint density at radius 1 is 1.11 bits per heavy atom. The Hall–Kier alpha value is -1.95. The fraction of sp³-hybridized carbons (Fsp3) is 0.0833. The molecule has 1 aromatic carbocycles. The molecule has 0 bridgehead atoms. The SMILES string of the molecule is Nc1nc(-c2ccccc2C(F)(F)F)cc(Cl)c1N. The van der Waals surface area contributed by atoms with Gasteiger partial charge < -0.3 is 11.5 Å². The summed E-state index contributed by atoms with van der Waals surface area (Å²) in [7, 11) is 0. The normalized spacial score (nSPS) is 11.6. The van der Waals surface area contributed by atoms with Crippen LogP contribution in [0.3, 0.4) is 0 Å². The van der Waals surface area contributed by atoms with Crippen LogP contribution in [-0.2, 0) is 6.18 Å². The lowest BCUT2D eigenvalue weighted by molar-refractivity contribution is -0.137. The first-order valence-corrected chi connectivity index (χ1v) is 5.56. The molecule has 0 spiro atoms. The highest BCUT2D eigenvalue weighted by molar-refractivity contribution is 6.33. The lowest BCUT2D eigenvalue weighted by Crippen LogP contribution is -2.08. The van der Waals surface area contributed by atoms with Crippen LogP contribution in [0.5, 0.6) is 0 Å². The standard InChI is InChI=1S/C12H9ClF3N3/c13-8-5-9(19-11(18)10(8)17)6-3-1-2-4-7(6)12(14,15)16/h1-5H,17H2,(H2,18,19). The van der Waals surface area contributed by atoms with Gasteiger partial charge in [0.1, 0.15) is 5.82 Å². The van der Waals surface area contributed by atoms with Gasteiger partial charge in [0.05, 0.1) is 22.0 Å². The zero-order valence-electron chi connectivity index (χ0n) is 9.50. The molecule has 0 aliphatic rings. The van der Waals surface area contributed by atoms with Gasteiger partial charge in [0.2, 0.25) is 0 Å². The highest BCUT2D eigenvalue weighted by Crippen LogP contribution is 2.38. The third-order valence-corrected chi connectivity index (χ3v) is 2.86. The second kappa shape index (κ2) is 4.62. The predicted octanol–water partition coefficient (Wildman–Crippen LogP) is 3.59. The number of benzene rings is 1. The summed E-state index contributed by atoms with van der Waals surface area (Å²) in [6.45, 7) is 0. The summed E-state index contributed by atoms with van der Waals surface area (Å²) >= 11 is 5.81. The van der Waals surface area contributed by atoms with Gasteiger partial charge in [-0.05, 0) is 12.1 Å². The molecule has 0 radical (unpaired) electrons. The summed E-state index contributed by atoms with van der Waals surface area (Å²) in [4.78, 5) is 3.85. The number of pyridine rings is 1. The van der Waals surface area contributed by atoms with Crippen molar-refractivity contribution in [1.82, 2.24) is 4.98 Å². The number of hydrogen-bond acceptors (Lipinski definition) is 3. The van der Waals surface area contributed by atoms with Crippen molar-refractivity contribution in [2.24, 2.45) is 0 Å². The molecule has 4 N–H and O–H groups in total. The van der Waals surface area contributed by atoms with Crippen molar-refractivity contribution in [2.75, 3.05) is 11.5 Å². The molecule has 7 heteroatoms. The number of alkyl halides is 3. The average molecular weight is 288 g/mol. The van der Waals surface area contributed by atoms with Crippen LogP contribution in [0.25, 0.3) is 11.3 Å². The zero-order valence-corrected chi connectivity index (χ0v) is 10.3. The third-order valence-electron chi connectivity index (χ3n) is 2.55. The monoisotopic (exact) mass is 287 g/mol. The van der Waals surface area contributed by atoms with Crippen molar-refractivity contribution < 1.29 is 13.2 Å². The molecule has 100 valence electrons. The van der Waals surface area contributed by atoms with Crippen LogP contribution in [0.1, 0.15) is 5.56 Å². The van der Waals surface area contributed by atoms with E-state index in [0.717, 1.165) is 6.07 Å². The summed E-state index contributed by atoms with van der Waals surface area (Å²) in [5.41, 5.74) is 10.2. The lowest BCUT2D eigenvalue weighted by Gasteiger charge is -2.13. The van der Waals surface area contributed by atoms with Crippen LogP contribution in [0, 0.1) is 0 Å². The fourth-order valence-electron chi connectivity index (χ4n) is 1.63. The maximum absolute atomic E-state index is 12.9. The molecule has 0 aliphatic heterocycles. The van der Waals surface area contributed by atoms with Crippen molar-refractivity contribution in [2.45, 2.75) is 6.18 Å². The van der Waals surface area contributed by atoms with Gasteiger partial charge in [-0.1, -0.05) is 29.8 Å². The summed E-state index contributed by atoms with van der Waals surface area (Å²) in [6, 6.07) is 6.31. The molecular formula is C12H9ClF3N3. The van der Waals surface area contributed by atoms with Gasteiger partial charge in [0.15, 0.2) is 0 Å². The number of halogens is 4. The molecule has 0 atom stereocenters. The first-order chi connectivity index (χ1) is 8.80. The number of nitrogens with two attached hydrogens (primary N) is 2. The molecule has 1 heterocycles. The Morgan fingerprint density at radius 2 is 1.74 bits per heavy atom. The zero-order chi connectivity index (χ0) is 14.2. The minimum Gasteiger partial charge on any atom is -0.395 e.